The van der Waals surface area contributed by atoms with E-state index >= 15 is 0 Å². The molecule has 1 N–H and O–H groups in total. The highest BCUT2D eigenvalue weighted by molar-refractivity contribution is 5.92. The van der Waals surface area contributed by atoms with Gasteiger partial charge in [-0.2, -0.15) is 5.10 Å². The van der Waals surface area contributed by atoms with Crippen molar-refractivity contribution in [3.8, 4) is 5.75 Å². The Morgan fingerprint density at radius 1 is 1.40 bits per heavy atom. The van der Waals surface area contributed by atoms with E-state index in [1.165, 1.54) is 0 Å². The van der Waals surface area contributed by atoms with E-state index in [1.807, 2.05) is 31.2 Å². The standard InChI is InChI=1S/C15H16N2O3/c1-3-19-13-6-4-5-12(9-13)10-16-17-15(18)14-8-7-11(2)20-14/h4-10H,3H2,1-2H3,(H,17,18)/b16-10-. The average molecular weight is 272 g/mol. The number of hydrazone groups is 1. The zero-order chi connectivity index (χ0) is 14.4. The summed E-state index contributed by atoms with van der Waals surface area (Å²) in [6.45, 7) is 4.31. The van der Waals surface area contributed by atoms with Gasteiger partial charge in [-0.3, -0.25) is 4.79 Å². The minimum absolute atomic E-state index is 0.239. The molecule has 0 spiro atoms. The summed E-state index contributed by atoms with van der Waals surface area (Å²) in [6.07, 6.45) is 1.55. The maximum absolute atomic E-state index is 11.7. The van der Waals surface area contributed by atoms with Gasteiger partial charge in [-0.05, 0) is 43.7 Å². The molecule has 0 unspecified atom stereocenters. The van der Waals surface area contributed by atoms with Crippen molar-refractivity contribution >= 4 is 12.1 Å². The predicted octanol–water partition coefficient (Wildman–Crippen LogP) is 2.75. The third kappa shape index (κ3) is 3.71. The van der Waals surface area contributed by atoms with Gasteiger partial charge in [-0.15, -0.1) is 0 Å². The number of benzene rings is 1. The largest absolute Gasteiger partial charge is 0.494 e. The number of furan rings is 1. The van der Waals surface area contributed by atoms with Gasteiger partial charge in [-0.25, -0.2) is 5.43 Å². The molecule has 0 aliphatic heterocycles. The van der Waals surface area contributed by atoms with Crippen LogP contribution in [0.3, 0.4) is 0 Å². The number of carbonyl (C=O) groups is 1. The first-order valence-corrected chi connectivity index (χ1v) is 6.31. The van der Waals surface area contributed by atoms with Crippen LogP contribution in [0.2, 0.25) is 0 Å². The summed E-state index contributed by atoms with van der Waals surface area (Å²) in [4.78, 5) is 11.7. The Morgan fingerprint density at radius 3 is 2.95 bits per heavy atom. The Hall–Kier alpha value is -2.56. The normalized spacial score (nSPS) is 10.7. The number of hydrogen-bond donors (Lipinski definition) is 1. The molecule has 0 atom stereocenters. The van der Waals surface area contributed by atoms with E-state index < -0.39 is 0 Å². The fourth-order valence-corrected chi connectivity index (χ4v) is 1.63. The Labute approximate surface area is 117 Å². The summed E-state index contributed by atoms with van der Waals surface area (Å²) < 4.78 is 10.6. The fourth-order valence-electron chi connectivity index (χ4n) is 1.63. The second kappa shape index (κ2) is 6.56. The fraction of sp³-hybridized carbons (Fsp3) is 0.200. The van der Waals surface area contributed by atoms with Crippen molar-refractivity contribution in [3.05, 3.63) is 53.5 Å². The molecule has 1 aromatic carbocycles. The molecule has 0 saturated carbocycles. The van der Waals surface area contributed by atoms with E-state index in [1.54, 1.807) is 25.3 Å². The van der Waals surface area contributed by atoms with Crippen molar-refractivity contribution in [1.82, 2.24) is 5.43 Å². The second-order valence-corrected chi connectivity index (χ2v) is 4.11. The number of carbonyl (C=O) groups excluding carboxylic acids is 1. The molecule has 0 bridgehead atoms. The van der Waals surface area contributed by atoms with E-state index in [2.05, 4.69) is 10.5 Å². The van der Waals surface area contributed by atoms with Crippen molar-refractivity contribution in [2.45, 2.75) is 13.8 Å². The molecule has 5 heteroatoms. The van der Waals surface area contributed by atoms with Crippen molar-refractivity contribution in [3.63, 3.8) is 0 Å². The first-order valence-electron chi connectivity index (χ1n) is 6.31. The van der Waals surface area contributed by atoms with E-state index in [-0.39, 0.29) is 11.7 Å². The summed E-state index contributed by atoms with van der Waals surface area (Å²) in [5, 5.41) is 3.89. The van der Waals surface area contributed by atoms with Crippen LogP contribution in [-0.2, 0) is 0 Å². The summed E-state index contributed by atoms with van der Waals surface area (Å²) in [5.74, 6) is 1.31. The molecule has 0 radical (unpaired) electrons. The van der Waals surface area contributed by atoms with Crippen LogP contribution in [0.5, 0.6) is 5.75 Å². The first-order chi connectivity index (χ1) is 9.69. The lowest BCUT2D eigenvalue weighted by molar-refractivity contribution is 0.0926. The Bertz CT molecular complexity index is 617. The number of amides is 1. The number of aryl methyl sites for hydroxylation is 1. The van der Waals surface area contributed by atoms with Crippen molar-refractivity contribution in [1.29, 1.82) is 0 Å². The van der Waals surface area contributed by atoms with Crippen LogP contribution >= 0.6 is 0 Å². The van der Waals surface area contributed by atoms with Crippen molar-refractivity contribution in [2.75, 3.05) is 6.61 Å². The Kier molecular flexibility index (Phi) is 4.55. The van der Waals surface area contributed by atoms with Crippen LogP contribution in [-0.4, -0.2) is 18.7 Å². The number of hydrogen-bond acceptors (Lipinski definition) is 4. The van der Waals surface area contributed by atoms with Gasteiger partial charge < -0.3 is 9.15 Å². The molecule has 20 heavy (non-hydrogen) atoms. The highest BCUT2D eigenvalue weighted by Gasteiger charge is 2.07. The SMILES string of the molecule is CCOc1cccc(/C=N\NC(=O)c2ccc(C)o2)c1. The van der Waals surface area contributed by atoms with Crippen LogP contribution in [0.1, 0.15) is 28.8 Å². The van der Waals surface area contributed by atoms with Gasteiger partial charge >= 0.3 is 5.91 Å². The minimum Gasteiger partial charge on any atom is -0.494 e. The van der Waals surface area contributed by atoms with Crippen LogP contribution in [0.15, 0.2) is 45.9 Å². The third-order valence-electron chi connectivity index (χ3n) is 2.51. The maximum Gasteiger partial charge on any atom is 0.307 e. The zero-order valence-electron chi connectivity index (χ0n) is 11.4. The van der Waals surface area contributed by atoms with E-state index in [4.69, 9.17) is 9.15 Å². The summed E-state index contributed by atoms with van der Waals surface area (Å²) >= 11 is 0. The number of rotatable bonds is 5. The quantitative estimate of drug-likeness (QED) is 0.672. The topological polar surface area (TPSA) is 63.8 Å². The van der Waals surface area contributed by atoms with Crippen LogP contribution in [0, 0.1) is 6.92 Å². The lowest BCUT2D eigenvalue weighted by Gasteiger charge is -2.02. The molecule has 0 fully saturated rings. The lowest BCUT2D eigenvalue weighted by Crippen LogP contribution is -2.16. The highest BCUT2D eigenvalue weighted by atomic mass is 16.5. The number of nitrogens with zero attached hydrogens (tertiary/aromatic N) is 1. The van der Waals surface area contributed by atoms with Gasteiger partial charge in [0.05, 0.1) is 12.8 Å². The van der Waals surface area contributed by atoms with E-state index in [0.29, 0.717) is 12.4 Å². The van der Waals surface area contributed by atoms with Gasteiger partial charge in [0.25, 0.3) is 0 Å². The molecular weight excluding hydrogens is 256 g/mol. The Morgan fingerprint density at radius 2 is 2.25 bits per heavy atom. The van der Waals surface area contributed by atoms with Gasteiger partial charge in [0.1, 0.15) is 11.5 Å². The number of ether oxygens (including phenoxy) is 1. The number of nitrogens with one attached hydrogen (secondary N) is 1. The molecule has 1 amide bonds. The van der Waals surface area contributed by atoms with E-state index in [9.17, 15) is 4.79 Å². The minimum atomic E-state index is -0.379. The molecule has 1 aromatic heterocycles. The van der Waals surface area contributed by atoms with Crippen LogP contribution < -0.4 is 10.2 Å². The van der Waals surface area contributed by atoms with E-state index in [0.717, 1.165) is 11.3 Å². The smallest absolute Gasteiger partial charge is 0.307 e. The van der Waals surface area contributed by atoms with Gasteiger partial charge in [0, 0.05) is 0 Å². The zero-order valence-corrected chi connectivity index (χ0v) is 11.4. The highest BCUT2D eigenvalue weighted by Crippen LogP contribution is 2.11. The third-order valence-corrected chi connectivity index (χ3v) is 2.51. The molecule has 0 aliphatic carbocycles. The molecule has 0 saturated heterocycles. The molecule has 5 nitrogen and oxygen atoms in total. The van der Waals surface area contributed by atoms with Crippen molar-refractivity contribution in [2.24, 2.45) is 5.10 Å². The first kappa shape index (κ1) is 13.9. The van der Waals surface area contributed by atoms with Gasteiger partial charge in [0.15, 0.2) is 5.76 Å². The van der Waals surface area contributed by atoms with Gasteiger partial charge in [0.2, 0.25) is 0 Å². The van der Waals surface area contributed by atoms with Crippen LogP contribution in [0.4, 0.5) is 0 Å². The Balaban J connectivity index is 1.96. The maximum atomic E-state index is 11.7. The van der Waals surface area contributed by atoms with Crippen molar-refractivity contribution < 1.29 is 13.9 Å². The molecule has 2 rings (SSSR count). The second-order valence-electron chi connectivity index (χ2n) is 4.11. The summed E-state index contributed by atoms with van der Waals surface area (Å²) in [6, 6.07) is 10.8. The lowest BCUT2D eigenvalue weighted by atomic mass is 10.2. The average Bonchev–Trinajstić information content (AvgIpc) is 2.86. The predicted molar refractivity (Wildman–Crippen MR) is 76.1 cm³/mol. The molecule has 104 valence electrons. The summed E-state index contributed by atoms with van der Waals surface area (Å²) in [5.41, 5.74) is 3.25. The molecule has 1 heterocycles. The van der Waals surface area contributed by atoms with Crippen LogP contribution in [0.25, 0.3) is 0 Å². The molecule has 0 aliphatic rings. The molecule has 2 aromatic rings. The summed E-state index contributed by atoms with van der Waals surface area (Å²) in [7, 11) is 0. The molecular formula is C15H16N2O3. The van der Waals surface area contributed by atoms with Gasteiger partial charge in [-0.1, -0.05) is 12.1 Å². The monoisotopic (exact) mass is 272 g/mol.